The second-order valence-electron chi connectivity index (χ2n) is 4.16. The SMILES string of the molecule is CC[C@H](O)Cc1ccc(C(C)C)cc1. The van der Waals surface area contributed by atoms with Crippen LogP contribution in [0.25, 0.3) is 0 Å². The van der Waals surface area contributed by atoms with Crippen LogP contribution in [0.3, 0.4) is 0 Å². The summed E-state index contributed by atoms with van der Waals surface area (Å²) in [7, 11) is 0. The van der Waals surface area contributed by atoms with E-state index in [0.717, 1.165) is 12.8 Å². The van der Waals surface area contributed by atoms with Gasteiger partial charge in [0.05, 0.1) is 6.10 Å². The molecule has 0 saturated carbocycles. The van der Waals surface area contributed by atoms with Gasteiger partial charge in [0.15, 0.2) is 0 Å². The topological polar surface area (TPSA) is 20.2 Å². The van der Waals surface area contributed by atoms with E-state index in [-0.39, 0.29) is 6.10 Å². The van der Waals surface area contributed by atoms with Crippen molar-refractivity contribution in [3.8, 4) is 0 Å². The predicted octanol–water partition coefficient (Wildman–Crippen LogP) is 3.12. The van der Waals surface area contributed by atoms with Crippen molar-refractivity contribution in [3.05, 3.63) is 35.4 Å². The zero-order chi connectivity index (χ0) is 10.6. The molecule has 14 heavy (non-hydrogen) atoms. The van der Waals surface area contributed by atoms with Gasteiger partial charge >= 0.3 is 0 Å². The van der Waals surface area contributed by atoms with Gasteiger partial charge in [0.2, 0.25) is 0 Å². The minimum absolute atomic E-state index is 0.195. The van der Waals surface area contributed by atoms with Crippen molar-refractivity contribution < 1.29 is 5.11 Å². The maximum Gasteiger partial charge on any atom is 0.0577 e. The van der Waals surface area contributed by atoms with Crippen LogP contribution in [0, 0.1) is 0 Å². The van der Waals surface area contributed by atoms with Gasteiger partial charge in [-0.25, -0.2) is 0 Å². The van der Waals surface area contributed by atoms with Gasteiger partial charge in [0.25, 0.3) is 0 Å². The molecule has 0 fully saturated rings. The molecule has 0 amide bonds. The lowest BCUT2D eigenvalue weighted by atomic mass is 9.99. The summed E-state index contributed by atoms with van der Waals surface area (Å²) in [4.78, 5) is 0. The molecule has 0 heterocycles. The lowest BCUT2D eigenvalue weighted by Gasteiger charge is -2.09. The summed E-state index contributed by atoms with van der Waals surface area (Å²) in [6.45, 7) is 6.39. The van der Waals surface area contributed by atoms with Gasteiger partial charge in [0, 0.05) is 0 Å². The maximum atomic E-state index is 9.49. The Kier molecular flexibility index (Phi) is 4.15. The number of rotatable bonds is 4. The third kappa shape index (κ3) is 3.15. The Balaban J connectivity index is 2.64. The molecule has 0 aliphatic carbocycles. The zero-order valence-electron chi connectivity index (χ0n) is 9.33. The van der Waals surface area contributed by atoms with Gasteiger partial charge in [-0.3, -0.25) is 0 Å². The molecular weight excluding hydrogens is 172 g/mol. The van der Waals surface area contributed by atoms with Crippen LogP contribution in [0.1, 0.15) is 44.2 Å². The Morgan fingerprint density at radius 2 is 1.71 bits per heavy atom. The van der Waals surface area contributed by atoms with Crippen LogP contribution in [-0.4, -0.2) is 11.2 Å². The van der Waals surface area contributed by atoms with Crippen molar-refractivity contribution >= 4 is 0 Å². The third-order valence-electron chi connectivity index (χ3n) is 2.59. The summed E-state index contributed by atoms with van der Waals surface area (Å²) < 4.78 is 0. The van der Waals surface area contributed by atoms with Crippen molar-refractivity contribution in [2.24, 2.45) is 0 Å². The second-order valence-corrected chi connectivity index (χ2v) is 4.16. The summed E-state index contributed by atoms with van der Waals surface area (Å²) in [5.41, 5.74) is 2.59. The van der Waals surface area contributed by atoms with Gasteiger partial charge < -0.3 is 5.11 Å². The van der Waals surface area contributed by atoms with Crippen LogP contribution in [0.2, 0.25) is 0 Å². The number of benzene rings is 1. The molecule has 0 aromatic heterocycles. The molecule has 1 heteroatoms. The minimum Gasteiger partial charge on any atom is -0.393 e. The van der Waals surface area contributed by atoms with Gasteiger partial charge in [-0.1, -0.05) is 45.0 Å². The van der Waals surface area contributed by atoms with Crippen molar-refractivity contribution in [2.45, 2.75) is 45.6 Å². The highest BCUT2D eigenvalue weighted by atomic mass is 16.3. The van der Waals surface area contributed by atoms with E-state index in [1.807, 2.05) is 6.92 Å². The summed E-state index contributed by atoms with van der Waals surface area (Å²) in [5, 5.41) is 9.49. The van der Waals surface area contributed by atoms with Crippen molar-refractivity contribution in [2.75, 3.05) is 0 Å². The Morgan fingerprint density at radius 1 is 1.14 bits per heavy atom. The van der Waals surface area contributed by atoms with E-state index < -0.39 is 0 Å². The molecule has 0 spiro atoms. The summed E-state index contributed by atoms with van der Waals surface area (Å²) in [6.07, 6.45) is 1.40. The normalized spacial score (nSPS) is 13.2. The number of aliphatic hydroxyl groups excluding tert-OH is 1. The summed E-state index contributed by atoms with van der Waals surface area (Å²) in [5.74, 6) is 0.583. The Labute approximate surface area is 86.8 Å². The highest BCUT2D eigenvalue weighted by Gasteiger charge is 2.03. The monoisotopic (exact) mass is 192 g/mol. The highest BCUT2D eigenvalue weighted by molar-refractivity contribution is 5.25. The Hall–Kier alpha value is -0.820. The lowest BCUT2D eigenvalue weighted by molar-refractivity contribution is 0.171. The van der Waals surface area contributed by atoms with Gasteiger partial charge in [-0.2, -0.15) is 0 Å². The second kappa shape index (κ2) is 5.16. The number of hydrogen-bond donors (Lipinski definition) is 1. The first-order valence-electron chi connectivity index (χ1n) is 5.40. The third-order valence-corrected chi connectivity index (χ3v) is 2.59. The fourth-order valence-electron chi connectivity index (χ4n) is 1.46. The number of aliphatic hydroxyl groups is 1. The highest BCUT2D eigenvalue weighted by Crippen LogP contribution is 2.15. The van der Waals surface area contributed by atoms with Crippen molar-refractivity contribution in [1.82, 2.24) is 0 Å². The molecule has 1 N–H and O–H groups in total. The van der Waals surface area contributed by atoms with Crippen LogP contribution < -0.4 is 0 Å². The van der Waals surface area contributed by atoms with E-state index in [1.165, 1.54) is 11.1 Å². The quantitative estimate of drug-likeness (QED) is 0.777. The first-order chi connectivity index (χ1) is 6.63. The predicted molar refractivity (Wildman–Crippen MR) is 60.5 cm³/mol. The molecule has 0 aliphatic heterocycles. The minimum atomic E-state index is -0.195. The van der Waals surface area contributed by atoms with E-state index in [1.54, 1.807) is 0 Å². The fraction of sp³-hybridized carbons (Fsp3) is 0.538. The van der Waals surface area contributed by atoms with Gasteiger partial charge in [-0.15, -0.1) is 0 Å². The Bertz CT molecular complexity index is 261. The Morgan fingerprint density at radius 3 is 2.14 bits per heavy atom. The van der Waals surface area contributed by atoms with Crippen LogP contribution in [0.5, 0.6) is 0 Å². The van der Waals surface area contributed by atoms with Crippen LogP contribution in [0.4, 0.5) is 0 Å². The average Bonchev–Trinajstić information content (AvgIpc) is 2.18. The lowest BCUT2D eigenvalue weighted by Crippen LogP contribution is -2.08. The van der Waals surface area contributed by atoms with E-state index >= 15 is 0 Å². The number of hydrogen-bond acceptors (Lipinski definition) is 1. The molecule has 0 saturated heterocycles. The summed E-state index contributed by atoms with van der Waals surface area (Å²) >= 11 is 0. The standard InChI is InChI=1S/C13H20O/c1-4-13(14)9-11-5-7-12(8-6-11)10(2)3/h5-8,10,13-14H,4,9H2,1-3H3/t13-/m0/s1. The van der Waals surface area contributed by atoms with E-state index in [4.69, 9.17) is 0 Å². The molecule has 1 rings (SSSR count). The average molecular weight is 192 g/mol. The zero-order valence-corrected chi connectivity index (χ0v) is 9.33. The first-order valence-corrected chi connectivity index (χ1v) is 5.40. The van der Waals surface area contributed by atoms with E-state index in [2.05, 4.69) is 38.1 Å². The molecule has 0 bridgehead atoms. The molecule has 1 atom stereocenters. The van der Waals surface area contributed by atoms with Crippen LogP contribution in [0.15, 0.2) is 24.3 Å². The van der Waals surface area contributed by atoms with Crippen molar-refractivity contribution in [1.29, 1.82) is 0 Å². The molecular formula is C13H20O. The molecule has 1 aromatic rings. The molecule has 0 radical (unpaired) electrons. The molecule has 0 unspecified atom stereocenters. The van der Waals surface area contributed by atoms with Crippen molar-refractivity contribution in [3.63, 3.8) is 0 Å². The van der Waals surface area contributed by atoms with E-state index in [0.29, 0.717) is 5.92 Å². The molecule has 1 aromatic carbocycles. The largest absolute Gasteiger partial charge is 0.393 e. The smallest absolute Gasteiger partial charge is 0.0577 e. The fourth-order valence-corrected chi connectivity index (χ4v) is 1.46. The molecule has 0 aliphatic rings. The van der Waals surface area contributed by atoms with E-state index in [9.17, 15) is 5.11 Å². The molecule has 1 nitrogen and oxygen atoms in total. The molecule has 78 valence electrons. The van der Waals surface area contributed by atoms with Gasteiger partial charge in [-0.05, 0) is 29.9 Å². The van der Waals surface area contributed by atoms with Crippen LogP contribution in [-0.2, 0) is 6.42 Å². The summed E-state index contributed by atoms with van der Waals surface area (Å²) in [6, 6.07) is 8.55. The van der Waals surface area contributed by atoms with Crippen LogP contribution >= 0.6 is 0 Å². The maximum absolute atomic E-state index is 9.49. The first kappa shape index (κ1) is 11.3. The van der Waals surface area contributed by atoms with Gasteiger partial charge in [0.1, 0.15) is 0 Å².